The summed E-state index contributed by atoms with van der Waals surface area (Å²) in [6, 6.07) is 4.78. The van der Waals surface area contributed by atoms with Gasteiger partial charge in [-0.2, -0.15) is 0 Å². The van der Waals surface area contributed by atoms with Crippen LogP contribution in [0, 0.1) is 0 Å². The summed E-state index contributed by atoms with van der Waals surface area (Å²) in [4.78, 5) is 0. The van der Waals surface area contributed by atoms with Gasteiger partial charge in [-0.05, 0) is 37.6 Å². The minimum Gasteiger partial charge on any atom is -0.406 e. The first-order chi connectivity index (χ1) is 9.14. The van der Waals surface area contributed by atoms with Crippen molar-refractivity contribution in [3.8, 4) is 5.75 Å². The Labute approximate surface area is 115 Å². The molecular weight excluding hydrogens is 295 g/mol. The Morgan fingerprint density at radius 3 is 2.25 bits per heavy atom. The van der Waals surface area contributed by atoms with E-state index in [4.69, 9.17) is 5.73 Å². The van der Waals surface area contributed by atoms with Gasteiger partial charge in [0.15, 0.2) is 9.84 Å². The van der Waals surface area contributed by atoms with Crippen molar-refractivity contribution >= 4 is 9.84 Å². The van der Waals surface area contributed by atoms with Crippen molar-refractivity contribution < 1.29 is 26.3 Å². The minimum atomic E-state index is -4.76. The van der Waals surface area contributed by atoms with E-state index < -0.39 is 21.4 Å². The molecule has 0 saturated carbocycles. The van der Waals surface area contributed by atoms with E-state index in [1.165, 1.54) is 12.1 Å². The number of sulfone groups is 1. The number of hydrogen-bond acceptors (Lipinski definition) is 4. The van der Waals surface area contributed by atoms with Crippen molar-refractivity contribution in [3.63, 3.8) is 0 Å². The molecule has 0 aliphatic rings. The molecule has 0 radical (unpaired) electrons. The van der Waals surface area contributed by atoms with E-state index in [1.807, 2.05) is 0 Å². The van der Waals surface area contributed by atoms with Gasteiger partial charge in [-0.25, -0.2) is 8.42 Å². The fourth-order valence-corrected chi connectivity index (χ4v) is 3.01. The third-order valence-electron chi connectivity index (χ3n) is 2.71. The number of alkyl halides is 3. The number of nitrogens with two attached hydrogens (primary N) is 1. The average molecular weight is 311 g/mol. The van der Waals surface area contributed by atoms with E-state index in [1.54, 1.807) is 6.92 Å². The molecule has 0 saturated heterocycles. The van der Waals surface area contributed by atoms with Crippen LogP contribution in [0.2, 0.25) is 0 Å². The number of benzene rings is 1. The summed E-state index contributed by atoms with van der Waals surface area (Å²) in [6.07, 6.45) is -4.42. The molecule has 0 fully saturated rings. The fourth-order valence-electron chi connectivity index (χ4n) is 1.58. The van der Waals surface area contributed by atoms with Crippen LogP contribution in [0.5, 0.6) is 5.75 Å². The van der Waals surface area contributed by atoms with E-state index in [-0.39, 0.29) is 18.0 Å². The lowest BCUT2D eigenvalue weighted by Crippen LogP contribution is -2.22. The average Bonchev–Trinajstić information content (AvgIpc) is 2.30. The number of rotatable bonds is 6. The highest BCUT2D eigenvalue weighted by Gasteiger charge is 2.31. The molecule has 8 heteroatoms. The topological polar surface area (TPSA) is 69.4 Å². The van der Waals surface area contributed by atoms with Crippen LogP contribution in [-0.2, 0) is 15.6 Å². The van der Waals surface area contributed by atoms with Crippen LogP contribution in [0.4, 0.5) is 13.2 Å². The number of halogens is 3. The summed E-state index contributed by atoms with van der Waals surface area (Å²) < 4.78 is 63.5. The fraction of sp³-hybridized carbons (Fsp3) is 0.500. The first kappa shape index (κ1) is 16.8. The molecule has 1 rings (SSSR count). The second kappa shape index (κ2) is 6.45. The summed E-state index contributed by atoms with van der Waals surface area (Å²) in [5.74, 6) is -0.617. The molecule has 1 aromatic rings. The van der Waals surface area contributed by atoms with Crippen molar-refractivity contribution in [1.29, 1.82) is 0 Å². The van der Waals surface area contributed by atoms with Gasteiger partial charge < -0.3 is 10.5 Å². The molecule has 114 valence electrons. The van der Waals surface area contributed by atoms with Crippen molar-refractivity contribution in [2.45, 2.75) is 30.7 Å². The van der Waals surface area contributed by atoms with Crippen molar-refractivity contribution in [2.24, 2.45) is 5.73 Å². The minimum absolute atomic E-state index is 0.236. The van der Waals surface area contributed by atoms with Crippen LogP contribution in [-0.4, -0.2) is 26.6 Å². The normalized spacial score (nSPS) is 14.1. The largest absolute Gasteiger partial charge is 0.573 e. The molecule has 1 aromatic carbocycles. The maximum atomic E-state index is 12.0. The third kappa shape index (κ3) is 5.38. The lowest BCUT2D eigenvalue weighted by atomic mass is 10.2. The quantitative estimate of drug-likeness (QED) is 0.875. The second-order valence-electron chi connectivity index (χ2n) is 4.39. The molecule has 0 aromatic heterocycles. The zero-order valence-corrected chi connectivity index (χ0v) is 11.7. The van der Waals surface area contributed by atoms with Gasteiger partial charge in [0.1, 0.15) is 5.75 Å². The lowest BCUT2D eigenvalue weighted by molar-refractivity contribution is -0.274. The third-order valence-corrected chi connectivity index (χ3v) is 4.91. The van der Waals surface area contributed by atoms with Gasteiger partial charge in [-0.15, -0.1) is 13.2 Å². The van der Waals surface area contributed by atoms with Crippen LogP contribution in [0.25, 0.3) is 0 Å². The smallest absolute Gasteiger partial charge is 0.406 e. The molecule has 1 atom stereocenters. The van der Waals surface area contributed by atoms with E-state index >= 15 is 0 Å². The summed E-state index contributed by atoms with van der Waals surface area (Å²) in [6.45, 7) is 1.82. The first-order valence-corrected chi connectivity index (χ1v) is 7.62. The summed E-state index contributed by atoms with van der Waals surface area (Å²) in [7, 11) is -3.37. The zero-order valence-electron chi connectivity index (χ0n) is 10.9. The van der Waals surface area contributed by atoms with Crippen molar-refractivity contribution in [1.82, 2.24) is 0 Å². The van der Waals surface area contributed by atoms with Gasteiger partial charge in [0.2, 0.25) is 0 Å². The van der Waals surface area contributed by atoms with Crippen LogP contribution in [0.1, 0.15) is 18.9 Å². The van der Waals surface area contributed by atoms with Crippen molar-refractivity contribution in [2.75, 3.05) is 6.54 Å². The van der Waals surface area contributed by atoms with Gasteiger partial charge in [-0.3, -0.25) is 0 Å². The highest BCUT2D eigenvalue weighted by atomic mass is 32.2. The Morgan fingerprint density at radius 2 is 1.80 bits per heavy atom. The van der Waals surface area contributed by atoms with Gasteiger partial charge in [0.25, 0.3) is 0 Å². The van der Waals surface area contributed by atoms with Crippen LogP contribution in [0.3, 0.4) is 0 Å². The number of hydrogen-bond donors (Lipinski definition) is 1. The number of ether oxygens (including phenoxy) is 1. The van der Waals surface area contributed by atoms with Crippen LogP contribution < -0.4 is 10.5 Å². The molecule has 1 unspecified atom stereocenters. The molecule has 0 aliphatic heterocycles. The molecule has 0 heterocycles. The Hall–Kier alpha value is -1.28. The Morgan fingerprint density at radius 1 is 1.25 bits per heavy atom. The molecule has 0 aliphatic carbocycles. The van der Waals surface area contributed by atoms with Crippen LogP contribution in [0.15, 0.2) is 24.3 Å². The highest BCUT2D eigenvalue weighted by molar-refractivity contribution is 7.91. The van der Waals surface area contributed by atoms with E-state index in [9.17, 15) is 21.6 Å². The lowest BCUT2D eigenvalue weighted by Gasteiger charge is -2.12. The summed E-state index contributed by atoms with van der Waals surface area (Å²) >= 11 is 0. The van der Waals surface area contributed by atoms with E-state index in [0.717, 1.165) is 12.1 Å². The maximum Gasteiger partial charge on any atom is 0.573 e. The van der Waals surface area contributed by atoms with Gasteiger partial charge >= 0.3 is 6.36 Å². The molecule has 0 amide bonds. The van der Waals surface area contributed by atoms with Gasteiger partial charge in [-0.1, -0.05) is 12.1 Å². The van der Waals surface area contributed by atoms with E-state index in [2.05, 4.69) is 4.74 Å². The predicted octanol–water partition coefficient (Wildman–Crippen LogP) is 2.24. The highest BCUT2D eigenvalue weighted by Crippen LogP contribution is 2.23. The second-order valence-corrected chi connectivity index (χ2v) is 6.81. The Balaban J connectivity index is 2.75. The molecule has 20 heavy (non-hydrogen) atoms. The van der Waals surface area contributed by atoms with Crippen LogP contribution >= 0.6 is 0 Å². The molecular formula is C12H16F3NO3S. The molecule has 0 bridgehead atoms. The Kier molecular flexibility index (Phi) is 5.41. The van der Waals surface area contributed by atoms with E-state index in [0.29, 0.717) is 12.0 Å². The van der Waals surface area contributed by atoms with Crippen molar-refractivity contribution in [3.05, 3.63) is 29.8 Å². The Bertz CT molecular complexity index is 526. The molecule has 4 nitrogen and oxygen atoms in total. The van der Waals surface area contributed by atoms with Gasteiger partial charge in [0, 0.05) is 0 Å². The molecule has 0 spiro atoms. The summed E-state index contributed by atoms with van der Waals surface area (Å²) in [5, 5.41) is -0.585. The first-order valence-electron chi connectivity index (χ1n) is 5.90. The monoisotopic (exact) mass is 311 g/mol. The molecule has 2 N–H and O–H groups in total. The summed E-state index contributed by atoms with van der Waals surface area (Å²) in [5.41, 5.74) is 5.72. The SMILES string of the molecule is CC(CCN)S(=O)(=O)Cc1ccc(OC(F)(F)F)cc1. The zero-order chi connectivity index (χ0) is 15.4. The predicted molar refractivity (Wildman–Crippen MR) is 68.9 cm³/mol. The standard InChI is InChI=1S/C12H16F3NO3S/c1-9(6-7-16)20(17,18)8-10-2-4-11(5-3-10)19-12(13,14)15/h2-5,9H,6-8,16H2,1H3. The maximum absolute atomic E-state index is 12.0. The van der Waals surface area contributed by atoms with Gasteiger partial charge in [0.05, 0.1) is 11.0 Å².